The van der Waals surface area contributed by atoms with Gasteiger partial charge in [-0.25, -0.2) is 0 Å². The summed E-state index contributed by atoms with van der Waals surface area (Å²) in [5.74, 6) is 0.185. The molecule has 0 spiro atoms. The van der Waals surface area contributed by atoms with Crippen LogP contribution in [0.2, 0.25) is 0 Å². The van der Waals surface area contributed by atoms with Gasteiger partial charge in [0, 0.05) is 40.3 Å². The summed E-state index contributed by atoms with van der Waals surface area (Å²) in [6.45, 7) is 3.99. The third-order valence-electron chi connectivity index (χ3n) is 4.88. The highest BCUT2D eigenvalue weighted by Gasteiger charge is 2.38. The molecule has 0 bridgehead atoms. The molecule has 4 aliphatic rings. The van der Waals surface area contributed by atoms with Crippen molar-refractivity contribution in [1.82, 2.24) is 20.4 Å². The van der Waals surface area contributed by atoms with E-state index in [2.05, 4.69) is 10.6 Å². The minimum atomic E-state index is 0.0925. The van der Waals surface area contributed by atoms with Crippen molar-refractivity contribution in [3.05, 3.63) is 0 Å². The van der Waals surface area contributed by atoms with E-state index in [9.17, 15) is 9.59 Å². The predicted molar refractivity (Wildman–Crippen MR) is 78.3 cm³/mol. The molecule has 124 valence electrons. The number of nitrogens with zero attached hydrogens (tertiary/aromatic N) is 2. The monoisotopic (exact) mass is 312 g/mol. The van der Waals surface area contributed by atoms with Crippen LogP contribution < -0.4 is 10.6 Å². The zero-order chi connectivity index (χ0) is 15.7. The Labute approximate surface area is 130 Å². The van der Waals surface area contributed by atoms with Crippen LogP contribution >= 0.6 is 0 Å². The first kappa shape index (κ1) is 15.7. The van der Waals surface area contributed by atoms with Gasteiger partial charge in [0.2, 0.25) is 11.8 Å². The maximum absolute atomic E-state index is 11.1. The predicted octanol–water partition coefficient (Wildman–Crippen LogP) is -2.37. The number of hydrogen-bond acceptors (Lipinski definition) is 6. The number of hydrogen-bond donors (Lipinski definition) is 2. The summed E-state index contributed by atoms with van der Waals surface area (Å²) < 4.78 is 10.7. The fourth-order valence-corrected chi connectivity index (χ4v) is 3.32. The van der Waals surface area contributed by atoms with Crippen molar-refractivity contribution in [2.45, 2.75) is 24.3 Å². The summed E-state index contributed by atoms with van der Waals surface area (Å²) >= 11 is 0. The first-order valence-corrected chi connectivity index (χ1v) is 7.74. The van der Waals surface area contributed by atoms with E-state index in [1.807, 2.05) is 14.1 Å². The smallest absolute Gasteiger partial charge is 0.248 e. The number of likely N-dealkylation sites (N-methyl/N-ethyl adjacent to an activating group) is 2. The van der Waals surface area contributed by atoms with Crippen molar-refractivity contribution < 1.29 is 19.1 Å². The van der Waals surface area contributed by atoms with Gasteiger partial charge in [0.25, 0.3) is 0 Å². The van der Waals surface area contributed by atoms with E-state index < -0.39 is 0 Å². The van der Waals surface area contributed by atoms with E-state index in [1.54, 1.807) is 9.80 Å². The first-order chi connectivity index (χ1) is 10.6. The molecule has 0 aromatic rings. The topological polar surface area (TPSA) is 83.1 Å². The van der Waals surface area contributed by atoms with Gasteiger partial charge >= 0.3 is 0 Å². The SMILES string of the molecule is CN1C(=O)CO[C@@H]2CNC[C@@H]21.CN1C(=O)CO[C@H]2CNC[C@H]21. The standard InChI is InChI=1S/2C7H12N2O2/c2*1-9-5-2-8-3-6(5)11-4-7(9)10/h2*5-6,8H,2-4H2,1H3/t2*5-,6+/m10/s1. The minimum Gasteiger partial charge on any atom is -0.365 e. The van der Waals surface area contributed by atoms with Gasteiger partial charge in [-0.2, -0.15) is 0 Å². The summed E-state index contributed by atoms with van der Waals surface area (Å²) in [5.41, 5.74) is 0. The molecule has 0 aliphatic carbocycles. The van der Waals surface area contributed by atoms with Gasteiger partial charge in [-0.05, 0) is 0 Å². The third kappa shape index (κ3) is 2.96. The molecule has 4 heterocycles. The lowest BCUT2D eigenvalue weighted by molar-refractivity contribution is -0.150. The van der Waals surface area contributed by atoms with Gasteiger partial charge in [-0.1, -0.05) is 0 Å². The lowest BCUT2D eigenvalue weighted by Gasteiger charge is -2.33. The number of carbonyl (C=O) groups is 2. The molecular weight excluding hydrogens is 288 g/mol. The van der Waals surface area contributed by atoms with Crippen molar-refractivity contribution in [2.75, 3.05) is 53.5 Å². The second-order valence-corrected chi connectivity index (χ2v) is 6.16. The maximum atomic E-state index is 11.1. The normalized spacial score (nSPS) is 37.5. The van der Waals surface area contributed by atoms with Crippen LogP contribution in [-0.2, 0) is 19.1 Å². The Morgan fingerprint density at radius 3 is 1.64 bits per heavy atom. The number of rotatable bonds is 0. The molecule has 4 saturated heterocycles. The number of carbonyl (C=O) groups excluding carboxylic acids is 2. The summed E-state index contributed by atoms with van der Waals surface area (Å²) in [6, 6.07) is 0.521. The second-order valence-electron chi connectivity index (χ2n) is 6.16. The molecule has 4 atom stereocenters. The highest BCUT2D eigenvalue weighted by Crippen LogP contribution is 2.16. The Morgan fingerprint density at radius 2 is 1.23 bits per heavy atom. The lowest BCUT2D eigenvalue weighted by atomic mass is 10.1. The summed E-state index contributed by atoms with van der Waals surface area (Å²) in [4.78, 5) is 25.8. The summed E-state index contributed by atoms with van der Waals surface area (Å²) in [5, 5.41) is 6.39. The number of nitrogens with one attached hydrogen (secondary N) is 2. The van der Waals surface area contributed by atoms with Crippen LogP contribution in [0.1, 0.15) is 0 Å². The van der Waals surface area contributed by atoms with Crippen molar-refractivity contribution in [3.63, 3.8) is 0 Å². The molecule has 8 nitrogen and oxygen atoms in total. The van der Waals surface area contributed by atoms with Gasteiger partial charge in [-0.15, -0.1) is 0 Å². The molecule has 0 saturated carbocycles. The fourth-order valence-electron chi connectivity index (χ4n) is 3.32. The van der Waals surface area contributed by atoms with Gasteiger partial charge in [0.15, 0.2) is 0 Å². The van der Waals surface area contributed by atoms with Crippen LogP contribution in [0.5, 0.6) is 0 Å². The highest BCUT2D eigenvalue weighted by molar-refractivity contribution is 5.78. The maximum Gasteiger partial charge on any atom is 0.248 e. The van der Waals surface area contributed by atoms with Crippen LogP contribution in [-0.4, -0.2) is 99.4 Å². The van der Waals surface area contributed by atoms with Gasteiger partial charge in [0.05, 0.1) is 24.3 Å². The van der Waals surface area contributed by atoms with Crippen LogP contribution in [0, 0.1) is 0 Å². The van der Waals surface area contributed by atoms with Crippen LogP contribution in [0.25, 0.3) is 0 Å². The highest BCUT2D eigenvalue weighted by atomic mass is 16.5. The van der Waals surface area contributed by atoms with E-state index in [4.69, 9.17) is 9.47 Å². The summed E-state index contributed by atoms with van der Waals surface area (Å²) in [7, 11) is 3.69. The Kier molecular flexibility index (Phi) is 4.62. The van der Waals surface area contributed by atoms with Gasteiger partial charge < -0.3 is 29.9 Å². The van der Waals surface area contributed by atoms with Crippen molar-refractivity contribution in [2.24, 2.45) is 0 Å². The zero-order valence-electron chi connectivity index (χ0n) is 13.1. The van der Waals surface area contributed by atoms with E-state index in [1.165, 1.54) is 0 Å². The number of ether oxygens (including phenoxy) is 2. The Hall–Kier alpha value is -1.22. The molecule has 0 aromatic heterocycles. The number of fused-ring (bicyclic) bond motifs is 2. The third-order valence-corrected chi connectivity index (χ3v) is 4.88. The van der Waals surface area contributed by atoms with Crippen LogP contribution in [0.4, 0.5) is 0 Å². The molecule has 8 heteroatoms. The second kappa shape index (κ2) is 6.49. The van der Waals surface area contributed by atoms with Crippen molar-refractivity contribution in [3.8, 4) is 0 Å². The van der Waals surface area contributed by atoms with Crippen LogP contribution in [0.3, 0.4) is 0 Å². The van der Waals surface area contributed by atoms with Crippen molar-refractivity contribution in [1.29, 1.82) is 0 Å². The lowest BCUT2D eigenvalue weighted by Crippen LogP contribution is -2.51. The zero-order valence-corrected chi connectivity index (χ0v) is 13.1. The average molecular weight is 312 g/mol. The number of amides is 2. The van der Waals surface area contributed by atoms with E-state index in [0.717, 1.165) is 26.2 Å². The molecular formula is C14H24N4O4. The Balaban J connectivity index is 0.000000131. The van der Waals surface area contributed by atoms with E-state index in [-0.39, 0.29) is 49.3 Å². The van der Waals surface area contributed by atoms with Crippen molar-refractivity contribution >= 4 is 11.8 Å². The molecule has 22 heavy (non-hydrogen) atoms. The van der Waals surface area contributed by atoms with Crippen LogP contribution in [0.15, 0.2) is 0 Å². The van der Waals surface area contributed by atoms with E-state index >= 15 is 0 Å². The molecule has 2 amide bonds. The first-order valence-electron chi connectivity index (χ1n) is 7.74. The molecule has 2 N–H and O–H groups in total. The van der Waals surface area contributed by atoms with Gasteiger partial charge in [-0.3, -0.25) is 9.59 Å². The Bertz CT molecular complexity index is 407. The molecule has 4 rings (SSSR count). The summed E-state index contributed by atoms with van der Waals surface area (Å²) in [6.07, 6.45) is 0.440. The van der Waals surface area contributed by atoms with E-state index in [0.29, 0.717) is 0 Å². The molecule has 0 aromatic carbocycles. The quantitative estimate of drug-likeness (QED) is 0.520. The molecule has 0 unspecified atom stereocenters. The fraction of sp³-hybridized carbons (Fsp3) is 0.857. The molecule has 0 radical (unpaired) electrons. The largest absolute Gasteiger partial charge is 0.365 e. The molecule has 4 aliphatic heterocycles. The minimum absolute atomic E-state index is 0.0925. The Morgan fingerprint density at radius 1 is 0.818 bits per heavy atom. The van der Waals surface area contributed by atoms with Gasteiger partial charge in [0.1, 0.15) is 13.2 Å². The average Bonchev–Trinajstić information content (AvgIpc) is 3.16. The number of morpholine rings is 2. The molecule has 4 fully saturated rings.